The predicted molar refractivity (Wildman–Crippen MR) is 104 cm³/mol. The van der Waals surface area contributed by atoms with Crippen LogP contribution >= 0.6 is 0 Å². The van der Waals surface area contributed by atoms with Crippen molar-refractivity contribution in [1.82, 2.24) is 9.78 Å². The van der Waals surface area contributed by atoms with Crippen LogP contribution in [0.15, 0.2) is 60.5 Å². The molecular formula is C20H21N3O6. The van der Waals surface area contributed by atoms with Crippen LogP contribution in [0.2, 0.25) is 0 Å². The van der Waals surface area contributed by atoms with Crippen LogP contribution < -0.4 is 0 Å². The molecule has 0 aliphatic heterocycles. The lowest BCUT2D eigenvalue weighted by Crippen LogP contribution is -2.28. The molecule has 0 saturated carbocycles. The number of hydrogen-bond donors (Lipinski definition) is 2. The molecule has 0 spiro atoms. The van der Waals surface area contributed by atoms with Crippen molar-refractivity contribution in [3.63, 3.8) is 0 Å². The number of nitrogens with zero attached hydrogens (tertiary/aromatic N) is 3. The van der Waals surface area contributed by atoms with E-state index in [1.165, 1.54) is 43.1 Å². The lowest BCUT2D eigenvalue weighted by molar-refractivity contribution is -0.385. The van der Waals surface area contributed by atoms with Gasteiger partial charge in [-0.2, -0.15) is 5.10 Å². The Morgan fingerprint density at radius 1 is 1.28 bits per heavy atom. The summed E-state index contributed by atoms with van der Waals surface area (Å²) in [6, 6.07) is 7.99. The first-order valence-corrected chi connectivity index (χ1v) is 8.68. The van der Waals surface area contributed by atoms with E-state index in [1.54, 1.807) is 4.68 Å². The third-order valence-corrected chi connectivity index (χ3v) is 4.38. The molecule has 0 fully saturated rings. The molecule has 1 aliphatic rings. The topological polar surface area (TPSA) is 136 Å². The van der Waals surface area contributed by atoms with Gasteiger partial charge in [-0.15, -0.1) is 0 Å². The largest absolute Gasteiger partial charge is 0.481 e. The molecule has 2 aromatic rings. The number of rotatable bonds is 5. The van der Waals surface area contributed by atoms with Crippen LogP contribution in [-0.2, 0) is 16.1 Å². The maximum atomic E-state index is 10.8. The minimum Gasteiger partial charge on any atom is -0.481 e. The maximum Gasteiger partial charge on any atom is 0.331 e. The Bertz CT molecular complexity index is 974. The van der Waals surface area contributed by atoms with Gasteiger partial charge < -0.3 is 10.2 Å². The van der Waals surface area contributed by atoms with E-state index in [1.807, 2.05) is 31.2 Å². The fourth-order valence-corrected chi connectivity index (χ4v) is 2.60. The quantitative estimate of drug-likeness (QED) is 0.582. The molecule has 0 radical (unpaired) electrons. The van der Waals surface area contributed by atoms with Crippen molar-refractivity contribution < 1.29 is 24.7 Å². The number of benzene rings is 1. The van der Waals surface area contributed by atoms with E-state index in [-0.39, 0.29) is 17.7 Å². The van der Waals surface area contributed by atoms with E-state index in [0.717, 1.165) is 5.56 Å². The Balaban J connectivity index is 0.000000212. The van der Waals surface area contributed by atoms with Gasteiger partial charge in [-0.05, 0) is 25.8 Å². The highest BCUT2D eigenvalue weighted by atomic mass is 16.6. The highest BCUT2D eigenvalue weighted by Gasteiger charge is 2.34. The third kappa shape index (κ3) is 5.86. The molecule has 0 bridgehead atoms. The van der Waals surface area contributed by atoms with Gasteiger partial charge in [-0.1, -0.05) is 48.1 Å². The van der Waals surface area contributed by atoms with Gasteiger partial charge in [0.1, 0.15) is 12.4 Å². The van der Waals surface area contributed by atoms with Crippen molar-refractivity contribution in [3.8, 4) is 0 Å². The Hall–Kier alpha value is -3.75. The molecule has 1 aromatic carbocycles. The second-order valence-electron chi connectivity index (χ2n) is 6.89. The minimum atomic E-state index is -1.08. The van der Waals surface area contributed by atoms with Crippen LogP contribution in [0.3, 0.4) is 0 Å². The van der Waals surface area contributed by atoms with Crippen LogP contribution in [0.4, 0.5) is 5.69 Å². The zero-order chi connectivity index (χ0) is 21.6. The van der Waals surface area contributed by atoms with Gasteiger partial charge in [-0.3, -0.25) is 19.6 Å². The normalized spacial score (nSPS) is 17.7. The van der Waals surface area contributed by atoms with Gasteiger partial charge in [0.25, 0.3) is 0 Å². The van der Waals surface area contributed by atoms with Crippen molar-refractivity contribution in [2.24, 2.45) is 5.41 Å². The first-order valence-electron chi connectivity index (χ1n) is 8.68. The zero-order valence-electron chi connectivity index (χ0n) is 16.0. The number of carboxylic acid groups (broad SMARTS) is 2. The van der Waals surface area contributed by atoms with E-state index >= 15 is 0 Å². The van der Waals surface area contributed by atoms with Gasteiger partial charge in [0, 0.05) is 5.57 Å². The van der Waals surface area contributed by atoms with Gasteiger partial charge in [0.15, 0.2) is 0 Å². The fourth-order valence-electron chi connectivity index (χ4n) is 2.60. The summed E-state index contributed by atoms with van der Waals surface area (Å²) in [5, 5.41) is 31.9. The monoisotopic (exact) mass is 399 g/mol. The molecule has 152 valence electrons. The summed E-state index contributed by atoms with van der Waals surface area (Å²) in [5.41, 5.74) is 1.33. The summed E-state index contributed by atoms with van der Waals surface area (Å²) in [6.45, 7) is 4.07. The summed E-state index contributed by atoms with van der Waals surface area (Å²) >= 11 is 0. The number of nitro groups is 1. The van der Waals surface area contributed by atoms with E-state index in [2.05, 4.69) is 5.10 Å². The van der Waals surface area contributed by atoms with E-state index in [9.17, 15) is 19.7 Å². The van der Waals surface area contributed by atoms with Crippen molar-refractivity contribution in [1.29, 1.82) is 0 Å². The molecule has 0 saturated heterocycles. The van der Waals surface area contributed by atoms with Gasteiger partial charge >= 0.3 is 17.6 Å². The van der Waals surface area contributed by atoms with Crippen LogP contribution in [0.5, 0.6) is 0 Å². The summed E-state index contributed by atoms with van der Waals surface area (Å²) in [5.74, 6) is -2.06. The van der Waals surface area contributed by atoms with Gasteiger partial charge in [-0.25, -0.2) is 4.79 Å². The Morgan fingerprint density at radius 3 is 2.45 bits per heavy atom. The molecule has 2 N–H and O–H groups in total. The van der Waals surface area contributed by atoms with Crippen LogP contribution in [-0.4, -0.2) is 36.9 Å². The van der Waals surface area contributed by atoms with Crippen molar-refractivity contribution >= 4 is 17.6 Å². The number of carboxylic acids is 2. The summed E-state index contributed by atoms with van der Waals surface area (Å²) in [6.07, 6.45) is 7.12. The molecule has 9 nitrogen and oxygen atoms in total. The second-order valence-corrected chi connectivity index (χ2v) is 6.89. The molecule has 1 atom stereocenters. The molecule has 1 unspecified atom stereocenters. The number of aromatic nitrogens is 2. The smallest absolute Gasteiger partial charge is 0.331 e. The van der Waals surface area contributed by atoms with Crippen LogP contribution in [0, 0.1) is 22.5 Å². The van der Waals surface area contributed by atoms with Crippen molar-refractivity contribution in [3.05, 3.63) is 81.7 Å². The molecule has 9 heteroatoms. The molecule has 1 heterocycles. The Morgan fingerprint density at radius 2 is 1.93 bits per heavy atom. The first-order chi connectivity index (χ1) is 13.6. The Kier molecular flexibility index (Phi) is 6.66. The molecular weight excluding hydrogens is 378 g/mol. The highest BCUT2D eigenvalue weighted by molar-refractivity contribution is 5.90. The number of aliphatic carboxylic acids is 2. The van der Waals surface area contributed by atoms with Crippen molar-refractivity contribution in [2.75, 3.05) is 0 Å². The minimum absolute atomic E-state index is 0.0205. The van der Waals surface area contributed by atoms with Gasteiger partial charge in [0.05, 0.1) is 16.9 Å². The van der Waals surface area contributed by atoms with E-state index in [4.69, 9.17) is 10.2 Å². The second kappa shape index (κ2) is 8.96. The molecule has 29 heavy (non-hydrogen) atoms. The number of carbonyl (C=O) groups is 2. The predicted octanol–water partition coefficient (Wildman–Crippen LogP) is 3.20. The Labute approximate surface area is 166 Å². The zero-order valence-corrected chi connectivity index (χ0v) is 16.0. The standard InChI is InChI=1S/C11H11N3O2.C9H10O4/c1-9-2-4-10(5-3-9)7-13-8-11(6-12-13)14(15)16;1-9(8(12)13)4-2-3-6(5-9)7(10)11/h2-6,8H,7H2,1H3;2-4H,5H2,1H3,(H,10,11)(H,12,13). The molecule has 0 amide bonds. The summed E-state index contributed by atoms with van der Waals surface area (Å²) in [7, 11) is 0. The molecule has 1 aromatic heterocycles. The number of aryl methyl sites for hydroxylation is 1. The van der Waals surface area contributed by atoms with E-state index < -0.39 is 22.3 Å². The summed E-state index contributed by atoms with van der Waals surface area (Å²) in [4.78, 5) is 31.4. The average Bonchev–Trinajstić information content (AvgIpc) is 3.13. The lowest BCUT2D eigenvalue weighted by Gasteiger charge is -2.23. The maximum absolute atomic E-state index is 10.8. The average molecular weight is 399 g/mol. The van der Waals surface area contributed by atoms with Crippen molar-refractivity contribution in [2.45, 2.75) is 26.8 Å². The summed E-state index contributed by atoms with van der Waals surface area (Å²) < 4.78 is 1.56. The lowest BCUT2D eigenvalue weighted by atomic mass is 9.80. The number of allylic oxidation sites excluding steroid dienone is 2. The molecule has 3 rings (SSSR count). The molecule has 1 aliphatic carbocycles. The first kappa shape index (κ1) is 21.5. The van der Waals surface area contributed by atoms with Crippen LogP contribution in [0.25, 0.3) is 0 Å². The van der Waals surface area contributed by atoms with Crippen LogP contribution in [0.1, 0.15) is 24.5 Å². The SMILES string of the molecule is CC1(C(=O)O)C=CC=C(C(=O)O)C1.Cc1ccc(Cn2cc([N+](=O)[O-])cn2)cc1. The number of hydrogen-bond acceptors (Lipinski definition) is 5. The highest BCUT2D eigenvalue weighted by Crippen LogP contribution is 2.31. The van der Waals surface area contributed by atoms with Gasteiger partial charge in [0.2, 0.25) is 0 Å². The fraction of sp³-hybridized carbons (Fsp3) is 0.250. The van der Waals surface area contributed by atoms with E-state index in [0.29, 0.717) is 6.54 Å². The third-order valence-electron chi connectivity index (χ3n) is 4.38.